The molecule has 6 nitrogen and oxygen atoms in total. The molecule has 0 amide bonds. The van der Waals surface area contributed by atoms with Gasteiger partial charge in [0.1, 0.15) is 11.6 Å². The second-order valence-electron chi connectivity index (χ2n) is 4.47. The van der Waals surface area contributed by atoms with Crippen molar-refractivity contribution in [1.82, 2.24) is 19.9 Å². The summed E-state index contributed by atoms with van der Waals surface area (Å²) in [5.41, 5.74) is 2.06. The minimum atomic E-state index is 0. The minimum Gasteiger partial charge on any atom is -0.350 e. The zero-order valence-electron chi connectivity index (χ0n) is 11.4. The Bertz CT molecular complexity index is 693. The molecule has 108 valence electrons. The van der Waals surface area contributed by atoms with Gasteiger partial charge in [-0.15, -0.1) is 0 Å². The largest absolute Gasteiger partial charge is 0.404 e. The number of para-hydroxylation sites is 2. The van der Waals surface area contributed by atoms with Crippen LogP contribution in [0.5, 0.6) is 0 Å². The summed E-state index contributed by atoms with van der Waals surface area (Å²) in [7, 11) is 1.94. The van der Waals surface area contributed by atoms with E-state index in [9.17, 15) is 0 Å². The van der Waals surface area contributed by atoms with Crippen LogP contribution in [0.3, 0.4) is 0 Å². The van der Waals surface area contributed by atoms with Crippen molar-refractivity contribution in [3.63, 3.8) is 0 Å². The molecule has 0 fully saturated rings. The first-order chi connectivity index (χ1) is 10.4. The molecule has 0 atom stereocenters. The normalized spacial score (nSPS) is 12.4. The zero-order chi connectivity index (χ0) is 14.1. The van der Waals surface area contributed by atoms with Crippen molar-refractivity contribution >= 4 is 30.6 Å². The van der Waals surface area contributed by atoms with E-state index in [4.69, 9.17) is 0 Å². The van der Waals surface area contributed by atoms with E-state index in [0.717, 1.165) is 23.0 Å². The number of hydrogen-bond acceptors (Lipinski definition) is 6. The average Bonchev–Trinajstić information content (AvgIpc) is 2.96. The van der Waals surface area contributed by atoms with E-state index >= 15 is 0 Å². The fourth-order valence-electron chi connectivity index (χ4n) is 2.31. The Kier molecular flexibility index (Phi) is 4.13. The Morgan fingerprint density at radius 1 is 0.727 bits per heavy atom. The van der Waals surface area contributed by atoms with E-state index in [1.807, 2.05) is 41.4 Å². The van der Waals surface area contributed by atoms with E-state index in [2.05, 4.69) is 19.9 Å². The van der Waals surface area contributed by atoms with Crippen LogP contribution in [0.1, 0.15) is 0 Å². The third-order valence-electron chi connectivity index (χ3n) is 3.22. The first kappa shape index (κ1) is 14.6. The summed E-state index contributed by atoms with van der Waals surface area (Å²) in [5, 5.41) is 0. The molecule has 4 rings (SSSR count). The van der Waals surface area contributed by atoms with Crippen LogP contribution in [0.2, 0.25) is 0 Å². The molecule has 2 radical (unpaired) electrons. The van der Waals surface area contributed by atoms with Gasteiger partial charge in [0.2, 0.25) is 0 Å². The van der Waals surface area contributed by atoms with Crippen LogP contribution in [0.4, 0.5) is 23.0 Å². The summed E-state index contributed by atoms with van der Waals surface area (Å²) in [5.74, 6) is 1.52. The van der Waals surface area contributed by atoms with Crippen molar-refractivity contribution in [2.24, 2.45) is 0 Å². The average molecular weight is 465 g/mol. The van der Waals surface area contributed by atoms with E-state index in [0.29, 0.717) is 0 Å². The molecule has 0 unspecified atom stereocenters. The van der Waals surface area contributed by atoms with E-state index < -0.39 is 0 Å². The summed E-state index contributed by atoms with van der Waals surface area (Å²) >= 11 is 0. The fourth-order valence-corrected chi connectivity index (χ4v) is 2.31. The van der Waals surface area contributed by atoms with Crippen molar-refractivity contribution < 1.29 is 20.1 Å². The van der Waals surface area contributed by atoms with Crippen molar-refractivity contribution in [1.29, 1.82) is 0 Å². The molecule has 3 heterocycles. The van der Waals surface area contributed by atoms with Crippen LogP contribution in [0.25, 0.3) is 0 Å². The molecule has 1 aromatic carbocycles. The number of fused-ring (bicyclic) bond motifs is 1. The van der Waals surface area contributed by atoms with Gasteiger partial charge in [-0.3, -0.25) is 9.97 Å². The van der Waals surface area contributed by atoms with Crippen LogP contribution in [0.15, 0.2) is 61.4 Å². The molecular formula is C14H10BIrN6. The molecular weight excluding hydrogens is 455 g/mol. The second kappa shape index (κ2) is 6.21. The Hall–Kier alpha value is -2.31. The van der Waals surface area contributed by atoms with Crippen molar-refractivity contribution in [2.45, 2.75) is 0 Å². The van der Waals surface area contributed by atoms with E-state index in [-0.39, 0.29) is 20.1 Å². The number of rotatable bonds is 2. The van der Waals surface area contributed by atoms with Crippen LogP contribution in [-0.4, -0.2) is 27.5 Å². The maximum atomic E-state index is 4.36. The number of benzene rings is 1. The van der Waals surface area contributed by atoms with E-state index in [1.54, 1.807) is 37.2 Å². The molecule has 0 aliphatic carbocycles. The van der Waals surface area contributed by atoms with Crippen LogP contribution in [0, 0.1) is 0 Å². The smallest absolute Gasteiger partial charge is 0.350 e. The summed E-state index contributed by atoms with van der Waals surface area (Å²) in [6.07, 6.45) is 10.1. The third-order valence-corrected chi connectivity index (χ3v) is 3.22. The molecule has 0 N–H and O–H groups in total. The molecule has 0 spiro atoms. The Morgan fingerprint density at radius 2 is 1.23 bits per heavy atom. The summed E-state index contributed by atoms with van der Waals surface area (Å²) in [6, 6.07) is 8.07. The number of anilines is 4. The topological polar surface area (TPSA) is 58.0 Å². The van der Waals surface area contributed by atoms with Crippen LogP contribution >= 0.6 is 0 Å². The SMILES string of the molecule is [B]1N(c2cnccn2)c2ccccc2N1c1cnccn1.[Ir]. The fraction of sp³-hybridized carbons (Fsp3) is 0. The summed E-state index contributed by atoms with van der Waals surface area (Å²) in [4.78, 5) is 20.9. The molecule has 22 heavy (non-hydrogen) atoms. The Morgan fingerprint density at radius 3 is 1.64 bits per heavy atom. The Labute approximate surface area is 141 Å². The predicted molar refractivity (Wildman–Crippen MR) is 80.5 cm³/mol. The van der Waals surface area contributed by atoms with Gasteiger partial charge in [0, 0.05) is 44.9 Å². The molecule has 1 aliphatic heterocycles. The van der Waals surface area contributed by atoms with Gasteiger partial charge in [0.15, 0.2) is 0 Å². The van der Waals surface area contributed by atoms with Crippen molar-refractivity contribution in [3.05, 3.63) is 61.4 Å². The van der Waals surface area contributed by atoms with Gasteiger partial charge in [-0.2, -0.15) is 0 Å². The quantitative estimate of drug-likeness (QED) is 0.541. The molecule has 2 aromatic heterocycles. The van der Waals surface area contributed by atoms with Gasteiger partial charge < -0.3 is 9.62 Å². The van der Waals surface area contributed by atoms with Gasteiger partial charge in [-0.25, -0.2) is 9.97 Å². The van der Waals surface area contributed by atoms with Gasteiger partial charge >= 0.3 is 7.55 Å². The standard InChI is InChI=1S/C14H10BN6.Ir/c1-2-4-12-11(3-1)20(13-9-16-5-7-18-13)15-21(12)14-10-17-6-8-19-14;/h1-10H;. The van der Waals surface area contributed by atoms with Crippen LogP contribution in [-0.2, 0) is 20.1 Å². The molecule has 0 bridgehead atoms. The summed E-state index contributed by atoms with van der Waals surface area (Å²) in [6.45, 7) is 0. The van der Waals surface area contributed by atoms with Gasteiger partial charge in [0.25, 0.3) is 0 Å². The van der Waals surface area contributed by atoms with E-state index in [1.165, 1.54) is 0 Å². The molecule has 0 saturated carbocycles. The van der Waals surface area contributed by atoms with Gasteiger partial charge in [-0.1, -0.05) is 12.1 Å². The maximum Gasteiger partial charge on any atom is 0.404 e. The Balaban J connectivity index is 0.00000144. The van der Waals surface area contributed by atoms with Crippen molar-refractivity contribution in [3.8, 4) is 0 Å². The number of aromatic nitrogens is 4. The molecule has 8 heteroatoms. The third kappa shape index (κ3) is 2.47. The molecule has 3 aromatic rings. The molecule has 1 aliphatic rings. The van der Waals surface area contributed by atoms with Crippen molar-refractivity contribution in [2.75, 3.05) is 9.62 Å². The van der Waals surface area contributed by atoms with Gasteiger partial charge in [-0.05, 0) is 12.1 Å². The predicted octanol–water partition coefficient (Wildman–Crippen LogP) is 2.09. The maximum absolute atomic E-state index is 4.36. The second-order valence-corrected chi connectivity index (χ2v) is 4.47. The monoisotopic (exact) mass is 466 g/mol. The number of hydrogen-bond donors (Lipinski definition) is 0. The first-order valence-electron chi connectivity index (χ1n) is 6.48. The zero-order valence-corrected chi connectivity index (χ0v) is 13.8. The minimum absolute atomic E-state index is 0. The van der Waals surface area contributed by atoms with Gasteiger partial charge in [0.05, 0.1) is 23.8 Å². The number of nitrogens with zero attached hydrogens (tertiary/aromatic N) is 6. The first-order valence-corrected chi connectivity index (χ1v) is 6.48. The summed E-state index contributed by atoms with van der Waals surface area (Å²) < 4.78 is 0. The molecule has 0 saturated heterocycles. The van der Waals surface area contributed by atoms with Crippen LogP contribution < -0.4 is 9.62 Å².